The summed E-state index contributed by atoms with van der Waals surface area (Å²) >= 11 is 3.46. The van der Waals surface area contributed by atoms with Crippen LogP contribution in [0.1, 0.15) is 40.2 Å². The Morgan fingerprint density at radius 1 is 1.08 bits per heavy atom. The van der Waals surface area contributed by atoms with Crippen LogP contribution in [0.2, 0.25) is 0 Å². The summed E-state index contributed by atoms with van der Waals surface area (Å²) in [4.78, 5) is 12.5. The molecule has 39 heavy (non-hydrogen) atoms. The lowest BCUT2D eigenvalue weighted by atomic mass is 10.2. The molecule has 0 spiro atoms. The maximum absolute atomic E-state index is 12.5. The van der Waals surface area contributed by atoms with Crippen molar-refractivity contribution in [1.82, 2.24) is 9.99 Å². The molecule has 0 unspecified atom stereocenters. The van der Waals surface area contributed by atoms with E-state index in [2.05, 4.69) is 62.9 Å². The van der Waals surface area contributed by atoms with E-state index in [1.165, 1.54) is 17.6 Å². The van der Waals surface area contributed by atoms with Crippen molar-refractivity contribution in [3.63, 3.8) is 0 Å². The summed E-state index contributed by atoms with van der Waals surface area (Å²) in [6, 6.07) is 18.8. The summed E-state index contributed by atoms with van der Waals surface area (Å²) in [6.07, 6.45) is 6.78. The monoisotopic (exact) mass is 589 g/mol. The van der Waals surface area contributed by atoms with Gasteiger partial charge in [0.15, 0.2) is 17.3 Å². The average Bonchev–Trinajstić information content (AvgIpc) is 3.53. The lowest BCUT2D eigenvalue weighted by Crippen LogP contribution is -2.16. The van der Waals surface area contributed by atoms with Gasteiger partial charge in [-0.15, -0.1) is 6.42 Å². The Morgan fingerprint density at radius 3 is 2.51 bits per heavy atom. The van der Waals surface area contributed by atoms with Gasteiger partial charge in [0.2, 0.25) is 0 Å². The van der Waals surface area contributed by atoms with Gasteiger partial charge in [0.05, 0.1) is 17.3 Å². The molecule has 9 heteroatoms. The second-order valence-electron chi connectivity index (χ2n) is 8.45. The molecule has 2 aromatic heterocycles. The molecule has 1 amide bonds. The second kappa shape index (κ2) is 12.9. The van der Waals surface area contributed by atoms with E-state index in [1.807, 2.05) is 31.2 Å². The van der Waals surface area contributed by atoms with Crippen molar-refractivity contribution in [2.24, 2.45) is 5.10 Å². The highest BCUT2D eigenvalue weighted by atomic mass is 79.9. The molecule has 4 rings (SSSR count). The number of furan rings is 1. The molecule has 0 saturated carbocycles. The number of amides is 1. The van der Waals surface area contributed by atoms with Gasteiger partial charge < -0.3 is 23.2 Å². The Kier molecular flexibility index (Phi) is 9.13. The van der Waals surface area contributed by atoms with Crippen LogP contribution in [0.25, 0.3) is 5.69 Å². The van der Waals surface area contributed by atoms with E-state index in [-0.39, 0.29) is 19.0 Å². The number of hydrazone groups is 1. The first kappa shape index (κ1) is 27.6. The lowest BCUT2D eigenvalue weighted by molar-refractivity contribution is 0.0923. The number of ether oxygens (including phenoxy) is 3. The summed E-state index contributed by atoms with van der Waals surface area (Å²) < 4.78 is 25.5. The van der Waals surface area contributed by atoms with E-state index in [0.29, 0.717) is 39.7 Å². The number of carbonyl (C=O) groups excluding carboxylic acids is 1. The Labute approximate surface area is 235 Å². The van der Waals surface area contributed by atoms with Crippen LogP contribution in [0.3, 0.4) is 0 Å². The van der Waals surface area contributed by atoms with Crippen molar-refractivity contribution < 1.29 is 23.4 Å². The van der Waals surface area contributed by atoms with E-state index in [9.17, 15) is 4.79 Å². The van der Waals surface area contributed by atoms with Gasteiger partial charge >= 0.3 is 5.91 Å². The molecule has 0 aliphatic heterocycles. The molecular formula is C30H28BrN3O5. The number of nitrogens with one attached hydrogen (secondary N) is 1. The first-order valence-corrected chi connectivity index (χ1v) is 13.0. The van der Waals surface area contributed by atoms with E-state index in [4.69, 9.17) is 25.1 Å². The molecule has 0 radical (unpaired) electrons. The number of rotatable bonds is 11. The largest absolute Gasteiger partial charge is 0.490 e. The maximum Gasteiger partial charge on any atom is 0.307 e. The smallest absolute Gasteiger partial charge is 0.307 e. The third kappa shape index (κ3) is 6.92. The highest BCUT2D eigenvalue weighted by molar-refractivity contribution is 9.10. The van der Waals surface area contributed by atoms with Crippen LogP contribution in [0.15, 0.2) is 74.7 Å². The quantitative estimate of drug-likeness (QED) is 0.128. The molecule has 0 bridgehead atoms. The molecule has 1 N–H and O–H groups in total. The minimum Gasteiger partial charge on any atom is -0.490 e. The van der Waals surface area contributed by atoms with E-state index in [1.54, 1.807) is 24.3 Å². The molecule has 0 atom stereocenters. The zero-order chi connectivity index (χ0) is 27.8. The van der Waals surface area contributed by atoms with Crippen molar-refractivity contribution in [3.05, 3.63) is 93.6 Å². The van der Waals surface area contributed by atoms with E-state index >= 15 is 0 Å². The van der Waals surface area contributed by atoms with Crippen molar-refractivity contribution in [2.45, 2.75) is 27.4 Å². The SMILES string of the molecule is C#CCOc1c(Br)cc(/C=N/NC(=O)c2ccc(COc3ccc(-n4c(C)ccc4C)cc3)o2)cc1OCC. The molecular weight excluding hydrogens is 562 g/mol. The number of benzene rings is 2. The normalized spacial score (nSPS) is 10.8. The summed E-state index contributed by atoms with van der Waals surface area (Å²) in [5.74, 6) is 4.28. The minimum absolute atomic E-state index is 0.110. The van der Waals surface area contributed by atoms with E-state index < -0.39 is 5.91 Å². The highest BCUT2D eigenvalue weighted by Crippen LogP contribution is 2.36. The molecule has 2 aromatic carbocycles. The van der Waals surface area contributed by atoms with Gasteiger partial charge in [-0.1, -0.05) is 5.92 Å². The Balaban J connectivity index is 1.33. The van der Waals surface area contributed by atoms with E-state index in [0.717, 1.165) is 5.69 Å². The fourth-order valence-corrected chi connectivity index (χ4v) is 4.47. The van der Waals surface area contributed by atoms with Crippen LogP contribution >= 0.6 is 15.9 Å². The lowest BCUT2D eigenvalue weighted by Gasteiger charge is -2.13. The van der Waals surface area contributed by atoms with Gasteiger partial charge in [-0.2, -0.15) is 5.10 Å². The summed E-state index contributed by atoms with van der Waals surface area (Å²) in [5, 5.41) is 4.03. The van der Waals surface area contributed by atoms with Gasteiger partial charge in [0.1, 0.15) is 24.7 Å². The number of hydrogen-bond acceptors (Lipinski definition) is 6. The first-order chi connectivity index (χ1) is 18.9. The standard InChI is InChI=1S/C30H28BrN3O5/c1-5-15-37-29-26(31)16-22(17-28(29)36-6-2)18-32-33-30(35)27-14-13-25(39-27)19-38-24-11-9-23(10-12-24)34-20(3)7-8-21(34)4/h1,7-14,16-18H,6,15,19H2,2-4H3,(H,33,35)/b32-18+. The molecule has 200 valence electrons. The maximum atomic E-state index is 12.5. The fraction of sp³-hybridized carbons (Fsp3) is 0.200. The van der Waals surface area contributed by atoms with Gasteiger partial charge in [-0.25, -0.2) is 5.43 Å². The number of nitrogens with zero attached hydrogens (tertiary/aromatic N) is 2. The van der Waals surface area contributed by atoms with Crippen LogP contribution in [-0.4, -0.2) is 29.9 Å². The average molecular weight is 590 g/mol. The number of halogens is 1. The van der Waals surface area contributed by atoms with Crippen molar-refractivity contribution in [3.8, 4) is 35.3 Å². The van der Waals surface area contributed by atoms with Crippen molar-refractivity contribution >= 4 is 28.1 Å². The molecule has 4 aromatic rings. The fourth-order valence-electron chi connectivity index (χ4n) is 3.90. The predicted molar refractivity (Wildman–Crippen MR) is 153 cm³/mol. The molecule has 0 aliphatic rings. The third-order valence-corrected chi connectivity index (χ3v) is 6.23. The molecule has 0 aliphatic carbocycles. The van der Waals surface area contributed by atoms with Crippen LogP contribution < -0.4 is 19.6 Å². The van der Waals surface area contributed by atoms with Gasteiger partial charge in [0, 0.05) is 17.1 Å². The summed E-state index contributed by atoms with van der Waals surface area (Å²) in [7, 11) is 0. The summed E-state index contributed by atoms with van der Waals surface area (Å²) in [5.41, 5.74) is 6.54. The number of aryl methyl sites for hydroxylation is 2. The van der Waals surface area contributed by atoms with Crippen molar-refractivity contribution in [1.29, 1.82) is 0 Å². The molecule has 8 nitrogen and oxygen atoms in total. The number of aromatic nitrogens is 1. The second-order valence-corrected chi connectivity index (χ2v) is 9.31. The zero-order valence-electron chi connectivity index (χ0n) is 21.9. The summed E-state index contributed by atoms with van der Waals surface area (Å²) in [6.45, 7) is 6.74. The van der Waals surface area contributed by atoms with Gasteiger partial charge in [-0.3, -0.25) is 4.79 Å². The molecule has 0 saturated heterocycles. The minimum atomic E-state index is -0.489. The van der Waals surface area contributed by atoms with Crippen molar-refractivity contribution in [2.75, 3.05) is 13.2 Å². The molecule has 0 fully saturated rings. The molecule has 2 heterocycles. The number of terminal acetylenes is 1. The van der Waals surface area contributed by atoms with Crippen LogP contribution in [0.5, 0.6) is 17.2 Å². The van der Waals surface area contributed by atoms with Gasteiger partial charge in [-0.05, 0) is 103 Å². The Bertz CT molecular complexity index is 1490. The number of hydrogen-bond donors (Lipinski definition) is 1. The van der Waals surface area contributed by atoms with Crippen LogP contribution in [0, 0.1) is 26.2 Å². The Hall–Kier alpha value is -4.42. The zero-order valence-corrected chi connectivity index (χ0v) is 23.4. The van der Waals surface area contributed by atoms with Crippen LogP contribution in [0.4, 0.5) is 0 Å². The predicted octanol–water partition coefficient (Wildman–Crippen LogP) is 6.20. The topological polar surface area (TPSA) is 87.2 Å². The highest BCUT2D eigenvalue weighted by Gasteiger charge is 2.13. The van der Waals surface area contributed by atoms with Crippen LogP contribution in [-0.2, 0) is 6.61 Å². The van der Waals surface area contributed by atoms with Gasteiger partial charge in [0.25, 0.3) is 0 Å². The Morgan fingerprint density at radius 2 is 1.82 bits per heavy atom. The third-order valence-electron chi connectivity index (χ3n) is 5.64. The number of carbonyl (C=O) groups is 1. The first-order valence-electron chi connectivity index (χ1n) is 12.2.